The number of aliphatic hydroxyl groups excluding tert-OH is 1. The van der Waals surface area contributed by atoms with Gasteiger partial charge in [0.05, 0.1) is 19.3 Å². The van der Waals surface area contributed by atoms with E-state index in [2.05, 4.69) is 5.32 Å². The molecule has 112 valence electrons. The number of rotatable bonds is 6. The van der Waals surface area contributed by atoms with Gasteiger partial charge in [-0.1, -0.05) is 12.1 Å². The van der Waals surface area contributed by atoms with Gasteiger partial charge in [-0.15, -0.1) is 0 Å². The van der Waals surface area contributed by atoms with Gasteiger partial charge in [0.1, 0.15) is 11.6 Å². The van der Waals surface area contributed by atoms with Crippen LogP contribution in [0.1, 0.15) is 24.9 Å². The van der Waals surface area contributed by atoms with Gasteiger partial charge < -0.3 is 15.2 Å². The first kappa shape index (κ1) is 15.3. The third kappa shape index (κ3) is 4.46. The zero-order valence-corrected chi connectivity index (χ0v) is 12.2. The monoisotopic (exact) mass is 289 g/mol. The Kier molecular flexibility index (Phi) is 5.17. The fraction of sp³-hybridized carbons (Fsp3) is 0.294. The maximum Gasteiger partial charge on any atom is 0.123 e. The number of hydrogen-bond donors (Lipinski definition) is 2. The van der Waals surface area contributed by atoms with Crippen LogP contribution < -0.4 is 10.1 Å². The van der Waals surface area contributed by atoms with E-state index in [1.54, 1.807) is 26.2 Å². The van der Waals surface area contributed by atoms with Crippen LogP contribution in [-0.4, -0.2) is 18.3 Å². The van der Waals surface area contributed by atoms with Gasteiger partial charge in [-0.2, -0.15) is 0 Å². The molecule has 2 rings (SSSR count). The normalized spacial score (nSPS) is 13.5. The van der Waals surface area contributed by atoms with Crippen LogP contribution in [0, 0.1) is 5.82 Å². The summed E-state index contributed by atoms with van der Waals surface area (Å²) < 4.78 is 18.2. The summed E-state index contributed by atoms with van der Waals surface area (Å²) in [6, 6.07) is 13.8. The predicted octanol–water partition coefficient (Wildman–Crippen LogP) is 3.76. The minimum absolute atomic E-state index is 0.0843. The smallest absolute Gasteiger partial charge is 0.123 e. The molecule has 3 nitrogen and oxygen atoms in total. The van der Waals surface area contributed by atoms with Gasteiger partial charge in [-0.3, -0.25) is 0 Å². The van der Waals surface area contributed by atoms with E-state index in [0.29, 0.717) is 6.42 Å². The van der Waals surface area contributed by atoms with Gasteiger partial charge >= 0.3 is 0 Å². The Morgan fingerprint density at radius 1 is 1.10 bits per heavy atom. The number of nitrogens with one attached hydrogen (secondary N) is 1. The third-order valence-electron chi connectivity index (χ3n) is 3.28. The molecule has 2 atom stereocenters. The molecule has 0 saturated carbocycles. The molecule has 4 heteroatoms. The third-order valence-corrected chi connectivity index (χ3v) is 3.28. The van der Waals surface area contributed by atoms with E-state index in [-0.39, 0.29) is 11.9 Å². The van der Waals surface area contributed by atoms with Crippen LogP contribution in [0.25, 0.3) is 0 Å². The Morgan fingerprint density at radius 2 is 1.71 bits per heavy atom. The molecule has 2 aromatic rings. The Bertz CT molecular complexity index is 552. The van der Waals surface area contributed by atoms with E-state index in [0.717, 1.165) is 17.0 Å². The van der Waals surface area contributed by atoms with Gasteiger partial charge in [0.15, 0.2) is 0 Å². The molecule has 0 saturated heterocycles. The fourth-order valence-corrected chi connectivity index (χ4v) is 2.20. The van der Waals surface area contributed by atoms with Gasteiger partial charge in [-0.05, 0) is 55.3 Å². The largest absolute Gasteiger partial charge is 0.497 e. The Labute approximate surface area is 124 Å². The lowest BCUT2D eigenvalue weighted by atomic mass is 10.0. The molecule has 0 aliphatic carbocycles. The van der Waals surface area contributed by atoms with Crippen molar-refractivity contribution in [1.29, 1.82) is 0 Å². The van der Waals surface area contributed by atoms with Crippen molar-refractivity contribution in [3.63, 3.8) is 0 Å². The molecule has 0 fully saturated rings. The van der Waals surface area contributed by atoms with Crippen LogP contribution in [0.5, 0.6) is 5.75 Å². The van der Waals surface area contributed by atoms with E-state index in [4.69, 9.17) is 4.74 Å². The Morgan fingerprint density at radius 3 is 2.24 bits per heavy atom. The highest BCUT2D eigenvalue weighted by molar-refractivity contribution is 5.48. The second kappa shape index (κ2) is 7.09. The molecule has 0 unspecified atom stereocenters. The first-order valence-electron chi connectivity index (χ1n) is 6.92. The van der Waals surface area contributed by atoms with Gasteiger partial charge in [0.2, 0.25) is 0 Å². The van der Waals surface area contributed by atoms with Gasteiger partial charge in [0, 0.05) is 5.69 Å². The summed E-state index contributed by atoms with van der Waals surface area (Å²) in [5.41, 5.74) is 1.86. The predicted molar refractivity (Wildman–Crippen MR) is 82.1 cm³/mol. The molecule has 2 N–H and O–H groups in total. The van der Waals surface area contributed by atoms with Crippen LogP contribution in [0.4, 0.5) is 10.1 Å². The van der Waals surface area contributed by atoms with E-state index < -0.39 is 6.10 Å². The number of ether oxygens (including phenoxy) is 1. The minimum atomic E-state index is -0.453. The lowest BCUT2D eigenvalue weighted by Gasteiger charge is -2.22. The second-order valence-corrected chi connectivity index (χ2v) is 5.06. The standard InChI is InChI=1S/C17H20FNO2/c1-12(20)11-17(13-3-5-14(18)6-4-13)19-15-7-9-16(21-2)10-8-15/h3-10,12,17,19-20H,11H2,1-2H3/t12-,17-/m0/s1. The molecule has 2 aromatic carbocycles. The summed E-state index contributed by atoms with van der Waals surface area (Å²) in [6.07, 6.45) is 0.0864. The van der Waals surface area contributed by atoms with Crippen molar-refractivity contribution >= 4 is 5.69 Å². The highest BCUT2D eigenvalue weighted by Gasteiger charge is 2.14. The Hall–Kier alpha value is -2.07. The van der Waals surface area contributed by atoms with E-state index in [9.17, 15) is 9.50 Å². The maximum atomic E-state index is 13.0. The van der Waals surface area contributed by atoms with Gasteiger partial charge in [-0.25, -0.2) is 4.39 Å². The molecule has 0 aliphatic heterocycles. The van der Waals surface area contributed by atoms with Crippen molar-refractivity contribution in [3.05, 3.63) is 59.9 Å². The molecule has 0 aromatic heterocycles. The van der Waals surface area contributed by atoms with E-state index in [1.807, 2.05) is 24.3 Å². The molecule has 0 bridgehead atoms. The number of halogens is 1. The summed E-state index contributed by atoms with van der Waals surface area (Å²) in [6.45, 7) is 1.74. The van der Waals surface area contributed by atoms with Crippen LogP contribution in [0.2, 0.25) is 0 Å². The van der Waals surface area contributed by atoms with Gasteiger partial charge in [0.25, 0.3) is 0 Å². The van der Waals surface area contributed by atoms with Crippen molar-refractivity contribution in [2.45, 2.75) is 25.5 Å². The number of anilines is 1. The Balaban J connectivity index is 2.17. The van der Waals surface area contributed by atoms with Crippen molar-refractivity contribution in [2.24, 2.45) is 0 Å². The molecular formula is C17H20FNO2. The van der Waals surface area contributed by atoms with Crippen molar-refractivity contribution in [1.82, 2.24) is 0 Å². The number of methoxy groups -OCH3 is 1. The summed E-state index contributed by atoms with van der Waals surface area (Å²) >= 11 is 0. The summed E-state index contributed by atoms with van der Waals surface area (Å²) in [4.78, 5) is 0. The minimum Gasteiger partial charge on any atom is -0.497 e. The van der Waals surface area contributed by atoms with Crippen LogP contribution >= 0.6 is 0 Å². The lowest BCUT2D eigenvalue weighted by molar-refractivity contribution is 0.177. The quantitative estimate of drug-likeness (QED) is 0.851. The van der Waals surface area contributed by atoms with Crippen LogP contribution in [-0.2, 0) is 0 Å². The first-order chi connectivity index (χ1) is 10.1. The van der Waals surface area contributed by atoms with E-state index in [1.165, 1.54) is 12.1 Å². The average molecular weight is 289 g/mol. The second-order valence-electron chi connectivity index (χ2n) is 5.06. The molecule has 0 heterocycles. The van der Waals surface area contributed by atoms with Crippen LogP contribution in [0.15, 0.2) is 48.5 Å². The molecule has 0 radical (unpaired) electrons. The van der Waals surface area contributed by atoms with Crippen molar-refractivity contribution in [3.8, 4) is 5.75 Å². The molecule has 0 amide bonds. The zero-order chi connectivity index (χ0) is 15.2. The van der Waals surface area contributed by atoms with E-state index >= 15 is 0 Å². The van der Waals surface area contributed by atoms with Crippen molar-refractivity contribution < 1.29 is 14.2 Å². The van der Waals surface area contributed by atoms with Crippen LogP contribution in [0.3, 0.4) is 0 Å². The summed E-state index contributed by atoms with van der Waals surface area (Å²) in [5, 5.41) is 13.0. The number of benzene rings is 2. The summed E-state index contributed by atoms with van der Waals surface area (Å²) in [5.74, 6) is 0.522. The topological polar surface area (TPSA) is 41.5 Å². The summed E-state index contributed by atoms with van der Waals surface area (Å²) in [7, 11) is 1.62. The van der Waals surface area contributed by atoms with Crippen molar-refractivity contribution in [2.75, 3.05) is 12.4 Å². The zero-order valence-electron chi connectivity index (χ0n) is 12.2. The highest BCUT2D eigenvalue weighted by Crippen LogP contribution is 2.25. The molecular weight excluding hydrogens is 269 g/mol. The number of aliphatic hydroxyl groups is 1. The fourth-order valence-electron chi connectivity index (χ4n) is 2.20. The number of hydrogen-bond acceptors (Lipinski definition) is 3. The maximum absolute atomic E-state index is 13.0. The highest BCUT2D eigenvalue weighted by atomic mass is 19.1. The first-order valence-corrected chi connectivity index (χ1v) is 6.92. The molecule has 21 heavy (non-hydrogen) atoms. The molecule has 0 spiro atoms. The average Bonchev–Trinajstić information content (AvgIpc) is 2.48. The molecule has 0 aliphatic rings. The SMILES string of the molecule is COc1ccc(N[C@@H](C[C@H](C)O)c2ccc(F)cc2)cc1. The lowest BCUT2D eigenvalue weighted by Crippen LogP contribution is -2.16.